The summed E-state index contributed by atoms with van der Waals surface area (Å²) in [7, 11) is 0.756. The van der Waals surface area contributed by atoms with Gasteiger partial charge in [0.1, 0.15) is 11.0 Å². The lowest BCUT2D eigenvalue weighted by Gasteiger charge is -2.11. The summed E-state index contributed by atoms with van der Waals surface area (Å²) in [4.78, 5) is -1.07. The first-order valence-corrected chi connectivity index (χ1v) is 8.08. The monoisotopic (exact) mass is 349 g/mol. The van der Waals surface area contributed by atoms with Gasteiger partial charge in [-0.2, -0.15) is 18.4 Å². The van der Waals surface area contributed by atoms with Crippen molar-refractivity contribution in [1.82, 2.24) is 0 Å². The predicted octanol–water partition coefficient (Wildman–Crippen LogP) is 3.84. The van der Waals surface area contributed by atoms with Crippen LogP contribution >= 0.6 is 34.0 Å². The Hall–Kier alpha value is -0.620. The van der Waals surface area contributed by atoms with Crippen LogP contribution in [0.4, 0.5) is 13.2 Å². The maximum atomic E-state index is 12.3. The molecule has 0 unspecified atom stereocenters. The molecular weight excluding hydrogens is 346 g/mol. The highest BCUT2D eigenvalue weighted by atomic mass is 35.7. The lowest BCUT2D eigenvalue weighted by molar-refractivity contribution is -0.0328. The normalized spacial score (nSPS) is 12.2. The Kier molecular flexibility index (Phi) is 5.01. The van der Waals surface area contributed by atoms with E-state index < -0.39 is 36.1 Å². The smallest absolute Gasteiger partial charge is 0.207 e. The van der Waals surface area contributed by atoms with E-state index >= 15 is 0 Å². The zero-order chi connectivity index (χ0) is 14.8. The summed E-state index contributed by atoms with van der Waals surface area (Å²) in [6, 6.07) is 3.24. The minimum absolute atomic E-state index is 0.00427. The van der Waals surface area contributed by atoms with Crippen molar-refractivity contribution in [2.24, 2.45) is 0 Å². The van der Waals surface area contributed by atoms with Gasteiger partial charge in [0.15, 0.2) is 0 Å². The molecule has 0 amide bonds. The van der Waals surface area contributed by atoms with Crippen LogP contribution in [0.2, 0.25) is 0 Å². The molecule has 0 spiro atoms. The third-order valence-electron chi connectivity index (χ3n) is 1.92. The van der Waals surface area contributed by atoms with Crippen LogP contribution in [0.3, 0.4) is 0 Å². The molecule has 0 aromatic heterocycles. The molecule has 0 bridgehead atoms. The summed E-state index contributed by atoms with van der Waals surface area (Å²) in [5.74, 6) is -0.296. The van der Waals surface area contributed by atoms with E-state index in [1.807, 2.05) is 0 Å². The number of nitriles is 1. The molecule has 0 aliphatic heterocycles. The summed E-state index contributed by atoms with van der Waals surface area (Å²) < 4.78 is 59.5. The van der Waals surface area contributed by atoms with Gasteiger partial charge in [-0.1, -0.05) is 0 Å². The van der Waals surface area contributed by atoms with E-state index in [0.29, 0.717) is 6.07 Å². The van der Waals surface area contributed by atoms with E-state index in [1.54, 1.807) is 6.07 Å². The average molecular weight is 350 g/mol. The van der Waals surface area contributed by atoms with Gasteiger partial charge in [0.2, 0.25) is 0 Å². The largest absolute Gasteiger partial charge is 0.446 e. The van der Waals surface area contributed by atoms with Crippen LogP contribution in [0.25, 0.3) is 0 Å². The van der Waals surface area contributed by atoms with E-state index in [4.69, 9.17) is 27.5 Å². The van der Waals surface area contributed by atoms with Gasteiger partial charge in [-0.15, -0.1) is 11.6 Å². The van der Waals surface area contributed by atoms with Crippen molar-refractivity contribution in [3.8, 4) is 6.07 Å². The van der Waals surface area contributed by atoms with Crippen molar-refractivity contribution < 1.29 is 21.6 Å². The zero-order valence-corrected chi connectivity index (χ0v) is 12.0. The van der Waals surface area contributed by atoms with E-state index in [-0.39, 0.29) is 17.0 Å². The van der Waals surface area contributed by atoms with Crippen LogP contribution in [0.1, 0.15) is 11.1 Å². The zero-order valence-electron chi connectivity index (χ0n) is 8.83. The van der Waals surface area contributed by atoms with Crippen molar-refractivity contribution in [3.05, 3.63) is 23.3 Å². The Bertz CT molecular complexity index is 638. The molecule has 3 nitrogen and oxygen atoms in total. The minimum atomic E-state index is -4.61. The Labute approximate surface area is 120 Å². The van der Waals surface area contributed by atoms with Crippen LogP contribution in [-0.2, 0) is 14.9 Å². The van der Waals surface area contributed by atoms with Crippen molar-refractivity contribution in [1.29, 1.82) is 5.26 Å². The van der Waals surface area contributed by atoms with Crippen LogP contribution in [0.15, 0.2) is 21.9 Å². The van der Waals surface area contributed by atoms with Gasteiger partial charge in [0, 0.05) is 21.5 Å². The average Bonchev–Trinajstić information content (AvgIpc) is 2.25. The summed E-state index contributed by atoms with van der Waals surface area (Å²) in [6.45, 7) is 0. The number of thioether (sulfide) groups is 1. The second-order valence-corrected chi connectivity index (χ2v) is 7.10. The molecule has 0 saturated carbocycles. The van der Waals surface area contributed by atoms with Gasteiger partial charge in [0.25, 0.3) is 9.05 Å². The number of nitrogens with zero attached hydrogens (tertiary/aromatic N) is 1. The third kappa shape index (κ3) is 4.45. The molecule has 0 aliphatic rings. The molecule has 1 aromatic carbocycles. The first-order valence-electron chi connectivity index (χ1n) is 4.42. The fourth-order valence-corrected chi connectivity index (χ4v) is 3.29. The number of hydrogen-bond donors (Lipinski definition) is 0. The van der Waals surface area contributed by atoms with Crippen LogP contribution in [0.5, 0.6) is 0 Å². The molecular formula is C9H4Cl2F3NO2S2. The lowest BCUT2D eigenvalue weighted by Crippen LogP contribution is -2.03. The highest BCUT2D eigenvalue weighted by Crippen LogP contribution is 2.41. The topological polar surface area (TPSA) is 57.9 Å². The number of rotatable bonds is 3. The van der Waals surface area contributed by atoms with Gasteiger partial charge in [-0.25, -0.2) is 8.42 Å². The fourth-order valence-electron chi connectivity index (χ4n) is 1.22. The van der Waals surface area contributed by atoms with Gasteiger partial charge in [0.05, 0.1) is 5.56 Å². The molecule has 1 aromatic rings. The molecule has 1 rings (SSSR count). The maximum Gasteiger partial charge on any atom is 0.446 e. The number of benzene rings is 1. The molecule has 0 heterocycles. The quantitative estimate of drug-likeness (QED) is 0.472. The Morgan fingerprint density at radius 3 is 2.32 bits per heavy atom. The Balaban J connectivity index is 3.52. The lowest BCUT2D eigenvalue weighted by atomic mass is 10.1. The minimum Gasteiger partial charge on any atom is -0.207 e. The van der Waals surface area contributed by atoms with Crippen molar-refractivity contribution in [2.75, 3.05) is 0 Å². The van der Waals surface area contributed by atoms with Gasteiger partial charge < -0.3 is 0 Å². The van der Waals surface area contributed by atoms with Crippen LogP contribution in [-0.4, -0.2) is 13.9 Å². The number of hydrogen-bond acceptors (Lipinski definition) is 4. The molecule has 0 aliphatic carbocycles. The number of halogens is 5. The molecule has 19 heavy (non-hydrogen) atoms. The molecule has 0 fully saturated rings. The summed E-state index contributed by atoms with van der Waals surface area (Å²) in [6.07, 6.45) is 0. The van der Waals surface area contributed by atoms with Gasteiger partial charge >= 0.3 is 5.51 Å². The first kappa shape index (κ1) is 16.4. The molecule has 0 N–H and O–H groups in total. The number of alkyl halides is 4. The van der Waals surface area contributed by atoms with Crippen molar-refractivity contribution in [3.63, 3.8) is 0 Å². The molecule has 0 atom stereocenters. The van der Waals surface area contributed by atoms with E-state index in [9.17, 15) is 21.6 Å². The maximum absolute atomic E-state index is 12.3. The Morgan fingerprint density at radius 2 is 1.95 bits per heavy atom. The highest BCUT2D eigenvalue weighted by Gasteiger charge is 2.31. The van der Waals surface area contributed by atoms with Crippen molar-refractivity contribution in [2.45, 2.75) is 21.2 Å². The summed E-state index contributed by atoms with van der Waals surface area (Å²) in [5.41, 5.74) is -4.95. The van der Waals surface area contributed by atoms with Gasteiger partial charge in [-0.05, 0) is 29.5 Å². The van der Waals surface area contributed by atoms with E-state index in [1.165, 1.54) is 0 Å². The van der Waals surface area contributed by atoms with Crippen LogP contribution < -0.4 is 0 Å². The van der Waals surface area contributed by atoms with Crippen molar-refractivity contribution >= 4 is 43.1 Å². The second kappa shape index (κ2) is 5.79. The summed E-state index contributed by atoms with van der Waals surface area (Å²) >= 11 is 4.97. The van der Waals surface area contributed by atoms with Crippen LogP contribution in [0, 0.1) is 11.3 Å². The molecule has 104 valence electrons. The molecule has 0 radical (unpaired) electrons. The predicted molar refractivity (Wildman–Crippen MR) is 65.7 cm³/mol. The fraction of sp³-hybridized carbons (Fsp3) is 0.222. The molecule has 0 saturated heterocycles. The second-order valence-electron chi connectivity index (χ2n) is 3.19. The summed E-state index contributed by atoms with van der Waals surface area (Å²) in [5, 5.41) is 8.78. The van der Waals surface area contributed by atoms with E-state index in [0.717, 1.165) is 6.07 Å². The standard InChI is InChI=1S/C9H4Cl2F3NO2S2/c10-3-5-1-6(4-15)8(19(11,16)17)2-7(5)18-9(12,13)14/h1-2H,3H2. The van der Waals surface area contributed by atoms with Gasteiger partial charge in [-0.3, -0.25) is 0 Å². The highest BCUT2D eigenvalue weighted by molar-refractivity contribution is 8.13. The molecule has 10 heteroatoms. The third-order valence-corrected chi connectivity index (χ3v) is 4.40. The first-order chi connectivity index (χ1) is 8.58. The van der Waals surface area contributed by atoms with E-state index in [2.05, 4.69) is 0 Å². The Morgan fingerprint density at radius 1 is 1.37 bits per heavy atom. The SMILES string of the molecule is N#Cc1cc(CCl)c(SC(F)(F)F)cc1S(=O)(=O)Cl.